The van der Waals surface area contributed by atoms with Gasteiger partial charge in [0.15, 0.2) is 0 Å². The Labute approximate surface area is 123 Å². The summed E-state index contributed by atoms with van der Waals surface area (Å²) in [5.74, 6) is -0.355. The normalized spacial score (nSPS) is 11.8. The Morgan fingerprint density at radius 1 is 1.29 bits per heavy atom. The third-order valence-electron chi connectivity index (χ3n) is 2.85. The highest BCUT2D eigenvalue weighted by Crippen LogP contribution is 2.11. The first-order valence-electron chi connectivity index (χ1n) is 6.67. The van der Waals surface area contributed by atoms with Crippen LogP contribution in [-0.4, -0.2) is 23.5 Å². The number of hydrogen-bond donors (Lipinski definition) is 1. The fraction of sp³-hybridized carbons (Fsp3) is 0.250. The first-order chi connectivity index (χ1) is 10.0. The lowest BCUT2D eigenvalue weighted by Crippen LogP contribution is -2.37. The zero-order valence-corrected chi connectivity index (χ0v) is 12.0. The molecule has 1 aromatic carbocycles. The number of amides is 1. The van der Waals surface area contributed by atoms with Crippen LogP contribution in [0.3, 0.4) is 0 Å². The maximum absolute atomic E-state index is 13.0. The number of nitrogens with one attached hydrogen (secondary N) is 1. The van der Waals surface area contributed by atoms with Crippen LogP contribution in [0.5, 0.6) is 5.75 Å². The van der Waals surface area contributed by atoms with Crippen molar-refractivity contribution in [2.45, 2.75) is 19.9 Å². The van der Waals surface area contributed by atoms with Crippen molar-refractivity contribution in [3.63, 3.8) is 0 Å². The minimum Gasteiger partial charge on any atom is -0.491 e. The van der Waals surface area contributed by atoms with E-state index in [2.05, 4.69) is 10.3 Å². The van der Waals surface area contributed by atoms with Crippen LogP contribution in [0.15, 0.2) is 42.5 Å². The zero-order valence-electron chi connectivity index (χ0n) is 12.0. The summed E-state index contributed by atoms with van der Waals surface area (Å²) in [5.41, 5.74) is 1.21. The van der Waals surface area contributed by atoms with Crippen LogP contribution in [0.25, 0.3) is 0 Å². The van der Waals surface area contributed by atoms with Crippen molar-refractivity contribution in [3.05, 3.63) is 59.7 Å². The molecule has 5 heteroatoms. The molecule has 0 aliphatic heterocycles. The maximum atomic E-state index is 13.0. The Balaban J connectivity index is 1.85. The molecule has 4 nitrogen and oxygen atoms in total. The lowest BCUT2D eigenvalue weighted by Gasteiger charge is -2.15. The highest BCUT2D eigenvalue weighted by molar-refractivity contribution is 5.92. The third kappa shape index (κ3) is 4.56. The van der Waals surface area contributed by atoms with Gasteiger partial charge >= 0.3 is 0 Å². The molecule has 1 unspecified atom stereocenters. The predicted molar refractivity (Wildman–Crippen MR) is 77.8 cm³/mol. The second-order valence-corrected chi connectivity index (χ2v) is 4.84. The fourth-order valence-corrected chi connectivity index (χ4v) is 1.73. The van der Waals surface area contributed by atoms with Crippen molar-refractivity contribution >= 4 is 5.91 Å². The van der Waals surface area contributed by atoms with Gasteiger partial charge in [-0.15, -0.1) is 0 Å². The lowest BCUT2D eigenvalue weighted by atomic mass is 10.2. The number of aromatic nitrogens is 1. The van der Waals surface area contributed by atoms with E-state index in [0.29, 0.717) is 6.61 Å². The fourth-order valence-electron chi connectivity index (χ4n) is 1.73. The van der Waals surface area contributed by atoms with E-state index in [1.165, 1.54) is 18.2 Å². The van der Waals surface area contributed by atoms with Gasteiger partial charge in [0.25, 0.3) is 5.91 Å². The Morgan fingerprint density at radius 3 is 2.67 bits per heavy atom. The number of benzene rings is 1. The van der Waals surface area contributed by atoms with Gasteiger partial charge in [-0.05, 0) is 38.1 Å². The summed E-state index contributed by atoms with van der Waals surface area (Å²) in [4.78, 5) is 15.4. The van der Waals surface area contributed by atoms with E-state index in [4.69, 9.17) is 4.74 Å². The number of pyridine rings is 1. The van der Waals surface area contributed by atoms with E-state index in [1.54, 1.807) is 0 Å². The van der Waals surface area contributed by atoms with Crippen LogP contribution in [0.2, 0.25) is 0 Å². The van der Waals surface area contributed by atoms with E-state index in [0.717, 1.165) is 11.3 Å². The molecular formula is C16H17FN2O2. The van der Waals surface area contributed by atoms with E-state index in [-0.39, 0.29) is 11.7 Å². The molecule has 2 rings (SSSR count). The third-order valence-corrected chi connectivity index (χ3v) is 2.85. The zero-order chi connectivity index (χ0) is 15.2. The Kier molecular flexibility index (Phi) is 4.87. The largest absolute Gasteiger partial charge is 0.491 e. The van der Waals surface area contributed by atoms with Crippen LogP contribution >= 0.6 is 0 Å². The molecule has 0 saturated heterocycles. The van der Waals surface area contributed by atoms with Crippen LogP contribution in [0.1, 0.15) is 23.0 Å². The van der Waals surface area contributed by atoms with Crippen molar-refractivity contribution in [1.29, 1.82) is 0 Å². The average molecular weight is 288 g/mol. The van der Waals surface area contributed by atoms with Crippen molar-refractivity contribution in [3.8, 4) is 5.75 Å². The van der Waals surface area contributed by atoms with Crippen molar-refractivity contribution in [2.24, 2.45) is 0 Å². The Bertz CT molecular complexity index is 614. The average Bonchev–Trinajstić information content (AvgIpc) is 2.46. The van der Waals surface area contributed by atoms with Crippen LogP contribution in [0.4, 0.5) is 4.39 Å². The molecule has 21 heavy (non-hydrogen) atoms. The molecule has 0 aliphatic carbocycles. The standard InChI is InChI=1S/C16H17FN2O2/c1-11-6-8-13(9-7-11)21-10-12(2)18-16(20)14-4-3-5-15(17)19-14/h3-9,12H,10H2,1-2H3,(H,18,20). The molecule has 0 radical (unpaired) electrons. The van der Waals surface area contributed by atoms with Gasteiger partial charge in [0.05, 0.1) is 6.04 Å². The number of hydrogen-bond acceptors (Lipinski definition) is 3. The number of aryl methyl sites for hydroxylation is 1. The Hall–Kier alpha value is -2.43. The second-order valence-electron chi connectivity index (χ2n) is 4.84. The summed E-state index contributed by atoms with van der Waals surface area (Å²) in [6.45, 7) is 4.13. The topological polar surface area (TPSA) is 51.2 Å². The summed E-state index contributed by atoms with van der Waals surface area (Å²) in [5, 5.41) is 2.71. The number of rotatable bonds is 5. The van der Waals surface area contributed by atoms with Gasteiger partial charge in [-0.1, -0.05) is 23.8 Å². The minimum absolute atomic E-state index is 0.0529. The number of carbonyl (C=O) groups excluding carboxylic acids is 1. The molecule has 1 N–H and O–H groups in total. The van der Waals surface area contributed by atoms with Gasteiger partial charge < -0.3 is 10.1 Å². The van der Waals surface area contributed by atoms with Crippen LogP contribution in [0, 0.1) is 12.9 Å². The van der Waals surface area contributed by atoms with E-state index >= 15 is 0 Å². The van der Waals surface area contributed by atoms with Gasteiger partial charge in [0, 0.05) is 0 Å². The molecule has 1 aromatic heterocycles. The van der Waals surface area contributed by atoms with Gasteiger partial charge in [-0.25, -0.2) is 4.98 Å². The molecule has 0 spiro atoms. The van der Waals surface area contributed by atoms with E-state index < -0.39 is 11.9 Å². The molecule has 1 atom stereocenters. The predicted octanol–water partition coefficient (Wildman–Crippen LogP) is 2.73. The van der Waals surface area contributed by atoms with Gasteiger partial charge in [0.1, 0.15) is 18.1 Å². The van der Waals surface area contributed by atoms with Gasteiger partial charge in [0.2, 0.25) is 5.95 Å². The SMILES string of the molecule is Cc1ccc(OCC(C)NC(=O)c2cccc(F)n2)cc1. The summed E-state index contributed by atoms with van der Waals surface area (Å²) in [7, 11) is 0. The van der Waals surface area contributed by atoms with E-state index in [9.17, 15) is 9.18 Å². The molecule has 0 bridgehead atoms. The lowest BCUT2D eigenvalue weighted by molar-refractivity contribution is 0.0920. The summed E-state index contributed by atoms with van der Waals surface area (Å²) in [6.07, 6.45) is 0. The summed E-state index contributed by atoms with van der Waals surface area (Å²) in [6, 6.07) is 11.5. The first kappa shape index (κ1) is 15.0. The van der Waals surface area contributed by atoms with E-state index in [1.807, 2.05) is 38.1 Å². The molecule has 1 amide bonds. The molecule has 2 aromatic rings. The van der Waals surface area contributed by atoms with Crippen molar-refractivity contribution in [2.75, 3.05) is 6.61 Å². The van der Waals surface area contributed by atoms with Crippen molar-refractivity contribution < 1.29 is 13.9 Å². The van der Waals surface area contributed by atoms with Crippen LogP contribution in [-0.2, 0) is 0 Å². The quantitative estimate of drug-likeness (QED) is 0.861. The summed E-state index contributed by atoms with van der Waals surface area (Å²) < 4.78 is 18.5. The van der Waals surface area contributed by atoms with Gasteiger partial charge in [-0.2, -0.15) is 4.39 Å². The molecule has 0 aliphatic rings. The highest BCUT2D eigenvalue weighted by Gasteiger charge is 2.12. The highest BCUT2D eigenvalue weighted by atomic mass is 19.1. The Morgan fingerprint density at radius 2 is 2.00 bits per heavy atom. The number of nitrogens with zero attached hydrogens (tertiary/aromatic N) is 1. The monoisotopic (exact) mass is 288 g/mol. The summed E-state index contributed by atoms with van der Waals surface area (Å²) >= 11 is 0. The van der Waals surface area contributed by atoms with Gasteiger partial charge in [-0.3, -0.25) is 4.79 Å². The maximum Gasteiger partial charge on any atom is 0.270 e. The minimum atomic E-state index is -0.675. The first-order valence-corrected chi connectivity index (χ1v) is 6.67. The molecule has 0 fully saturated rings. The number of halogens is 1. The molecule has 1 heterocycles. The molecular weight excluding hydrogens is 271 g/mol. The van der Waals surface area contributed by atoms with Crippen molar-refractivity contribution in [1.82, 2.24) is 10.3 Å². The number of carbonyl (C=O) groups is 1. The number of ether oxygens (including phenoxy) is 1. The molecule has 0 saturated carbocycles. The smallest absolute Gasteiger partial charge is 0.270 e. The second kappa shape index (κ2) is 6.83. The molecule has 110 valence electrons. The van der Waals surface area contributed by atoms with Crippen LogP contribution < -0.4 is 10.1 Å².